The average Bonchev–Trinajstić information content (AvgIpc) is 3.04. The van der Waals surface area contributed by atoms with Crippen molar-refractivity contribution in [1.82, 2.24) is 5.32 Å². The Hall–Kier alpha value is -1.33. The molecule has 0 saturated carbocycles. The third-order valence-corrected chi connectivity index (χ3v) is 8.81. The summed E-state index contributed by atoms with van der Waals surface area (Å²) < 4.78 is 10.8. The molecule has 0 spiro atoms. The van der Waals surface area contributed by atoms with Crippen molar-refractivity contribution in [2.75, 3.05) is 13.2 Å². The highest BCUT2D eigenvalue weighted by Gasteiger charge is 2.44. The molecule has 1 aliphatic rings. The van der Waals surface area contributed by atoms with Crippen LogP contribution in [0.2, 0.25) is 0 Å². The summed E-state index contributed by atoms with van der Waals surface area (Å²) in [5, 5.41) is 52.5. The van der Waals surface area contributed by atoms with E-state index in [1.807, 2.05) is 6.08 Å². The van der Waals surface area contributed by atoms with E-state index in [4.69, 9.17) is 9.47 Å². The Bertz CT molecular complexity index is 776. The summed E-state index contributed by atoms with van der Waals surface area (Å²) in [6.45, 7) is 2.82. The van der Waals surface area contributed by atoms with Crippen LogP contribution in [0.25, 0.3) is 0 Å². The van der Waals surface area contributed by atoms with Crippen molar-refractivity contribution in [2.24, 2.45) is 0 Å². The highest BCUT2D eigenvalue weighted by molar-refractivity contribution is 5.73. The van der Waals surface area contributed by atoms with Crippen LogP contribution in [-0.2, 0) is 14.3 Å². The molecule has 1 fully saturated rings. The zero-order valence-corrected chi connectivity index (χ0v) is 29.1. The van der Waals surface area contributed by atoms with Crippen LogP contribution in [0.4, 0.5) is 0 Å². The summed E-state index contributed by atoms with van der Waals surface area (Å²) in [5.74, 6) is -0.364. The second-order valence-corrected chi connectivity index (χ2v) is 13.1. The van der Waals surface area contributed by atoms with Crippen LogP contribution < -0.4 is 5.32 Å². The molecule has 270 valence electrons. The van der Waals surface area contributed by atoms with Gasteiger partial charge in [0.05, 0.1) is 25.4 Å². The molecular formula is C37H69NO8. The molecule has 9 heteroatoms. The molecule has 1 heterocycles. The first kappa shape index (κ1) is 42.7. The minimum absolute atomic E-state index is 0.215. The van der Waals surface area contributed by atoms with Gasteiger partial charge in [0.15, 0.2) is 6.29 Å². The number of carbonyl (C=O) groups excluding carboxylic acids is 1. The Kier molecular flexibility index (Phi) is 26.6. The summed E-state index contributed by atoms with van der Waals surface area (Å²) in [6, 6.07) is -0.818. The lowest BCUT2D eigenvalue weighted by Gasteiger charge is -2.40. The van der Waals surface area contributed by atoms with Gasteiger partial charge in [-0.1, -0.05) is 140 Å². The number of allylic oxidation sites excluding steroid dienone is 3. The fourth-order valence-electron chi connectivity index (χ4n) is 5.85. The molecule has 0 radical (unpaired) electrons. The Balaban J connectivity index is 2.05. The molecule has 46 heavy (non-hydrogen) atoms. The number of nitrogens with one attached hydrogen (secondary N) is 1. The van der Waals surface area contributed by atoms with Crippen molar-refractivity contribution in [1.29, 1.82) is 0 Å². The second-order valence-electron chi connectivity index (χ2n) is 13.1. The number of aliphatic hydroxyl groups excluding tert-OH is 5. The topological polar surface area (TPSA) is 149 Å². The molecule has 1 amide bonds. The Labute approximate surface area is 279 Å². The summed E-state index contributed by atoms with van der Waals surface area (Å²) in [7, 11) is 0. The largest absolute Gasteiger partial charge is 0.394 e. The van der Waals surface area contributed by atoms with E-state index < -0.39 is 49.5 Å². The van der Waals surface area contributed by atoms with Crippen molar-refractivity contribution < 1.29 is 39.8 Å². The van der Waals surface area contributed by atoms with Crippen LogP contribution in [-0.4, -0.2) is 87.5 Å². The molecule has 6 N–H and O–H groups in total. The van der Waals surface area contributed by atoms with Gasteiger partial charge in [0.2, 0.25) is 5.91 Å². The molecule has 1 aliphatic heterocycles. The zero-order valence-electron chi connectivity index (χ0n) is 29.1. The first-order valence-corrected chi connectivity index (χ1v) is 18.5. The summed E-state index contributed by atoms with van der Waals surface area (Å²) in [4.78, 5) is 11.7. The van der Waals surface area contributed by atoms with Crippen molar-refractivity contribution >= 4 is 5.91 Å². The molecule has 1 rings (SSSR count). The molecule has 7 unspecified atom stereocenters. The Morgan fingerprint density at radius 1 is 0.717 bits per heavy atom. The van der Waals surface area contributed by atoms with E-state index in [0.29, 0.717) is 0 Å². The number of hydrogen-bond donors (Lipinski definition) is 6. The summed E-state index contributed by atoms with van der Waals surface area (Å²) >= 11 is 0. The van der Waals surface area contributed by atoms with Gasteiger partial charge in [-0.3, -0.25) is 4.79 Å². The van der Waals surface area contributed by atoms with E-state index in [2.05, 4.69) is 24.4 Å². The molecule has 9 nitrogen and oxygen atoms in total. The molecular weight excluding hydrogens is 586 g/mol. The maximum Gasteiger partial charge on any atom is 0.217 e. The first-order valence-electron chi connectivity index (χ1n) is 18.5. The quantitative estimate of drug-likeness (QED) is 0.0425. The van der Waals surface area contributed by atoms with Gasteiger partial charge in [0.1, 0.15) is 24.4 Å². The Morgan fingerprint density at radius 2 is 1.20 bits per heavy atom. The lowest BCUT2D eigenvalue weighted by Crippen LogP contribution is -2.60. The number of aliphatic hydroxyl groups is 5. The standard InChI is InChI=1S/C37H69NO8/c1-3-4-5-6-7-8-9-10-11-12-13-14-15-16-17-18-19-20-21-22-23-24-25-26-27-32(41)31(38-30(2)40)29-45-37-36(44)35(43)34(42)33(28-39)46-37/h22-23,26-27,31-37,39,41-44H,3-21,24-25,28-29H2,1-2H3,(H,38,40)/b23-22+,27-26+. The number of amides is 1. The molecule has 7 atom stereocenters. The van der Waals surface area contributed by atoms with Gasteiger partial charge in [-0.2, -0.15) is 0 Å². The number of hydrogen-bond acceptors (Lipinski definition) is 8. The van der Waals surface area contributed by atoms with Crippen LogP contribution in [0.15, 0.2) is 24.3 Å². The molecule has 0 aromatic rings. The Morgan fingerprint density at radius 3 is 1.70 bits per heavy atom. The van der Waals surface area contributed by atoms with Crippen molar-refractivity contribution in [3.8, 4) is 0 Å². The maximum atomic E-state index is 11.7. The minimum Gasteiger partial charge on any atom is -0.394 e. The molecule has 0 aromatic carbocycles. The smallest absolute Gasteiger partial charge is 0.217 e. The SMILES string of the molecule is CCCCCCCCCCCCCCCCCCCC/C=C/CC/C=C/C(O)C(COC1OC(CO)C(O)C(O)C1O)NC(C)=O. The van der Waals surface area contributed by atoms with Crippen molar-refractivity contribution in [3.63, 3.8) is 0 Å². The van der Waals surface area contributed by atoms with E-state index in [1.54, 1.807) is 6.08 Å². The first-order chi connectivity index (χ1) is 22.3. The maximum absolute atomic E-state index is 11.7. The lowest BCUT2D eigenvalue weighted by molar-refractivity contribution is -0.302. The van der Waals surface area contributed by atoms with E-state index in [0.717, 1.165) is 19.3 Å². The minimum atomic E-state index is -1.56. The van der Waals surface area contributed by atoms with Crippen LogP contribution >= 0.6 is 0 Å². The normalized spacial score (nSPS) is 23.3. The predicted octanol–water partition coefficient (Wildman–Crippen LogP) is 5.99. The number of rotatable bonds is 29. The van der Waals surface area contributed by atoms with Gasteiger partial charge in [-0.15, -0.1) is 0 Å². The molecule has 0 bridgehead atoms. The summed E-state index contributed by atoms with van der Waals surface area (Å²) in [6.07, 6.45) is 27.4. The fourth-order valence-corrected chi connectivity index (χ4v) is 5.85. The van der Waals surface area contributed by atoms with Gasteiger partial charge >= 0.3 is 0 Å². The van der Waals surface area contributed by atoms with Crippen molar-refractivity contribution in [2.45, 2.75) is 192 Å². The van der Waals surface area contributed by atoms with Crippen LogP contribution in [0, 0.1) is 0 Å². The van der Waals surface area contributed by atoms with Gasteiger partial charge < -0.3 is 40.3 Å². The highest BCUT2D eigenvalue weighted by atomic mass is 16.7. The molecule has 1 saturated heterocycles. The van der Waals surface area contributed by atoms with Gasteiger partial charge in [-0.05, 0) is 25.7 Å². The number of carbonyl (C=O) groups is 1. The third-order valence-electron chi connectivity index (χ3n) is 8.81. The third kappa shape index (κ3) is 20.8. The van der Waals surface area contributed by atoms with Crippen LogP contribution in [0.1, 0.15) is 149 Å². The van der Waals surface area contributed by atoms with E-state index >= 15 is 0 Å². The van der Waals surface area contributed by atoms with E-state index in [-0.39, 0.29) is 12.5 Å². The lowest BCUT2D eigenvalue weighted by atomic mass is 9.99. The highest BCUT2D eigenvalue weighted by Crippen LogP contribution is 2.22. The average molecular weight is 656 g/mol. The predicted molar refractivity (Wildman–Crippen MR) is 184 cm³/mol. The fraction of sp³-hybridized carbons (Fsp3) is 0.865. The van der Waals surface area contributed by atoms with Gasteiger partial charge in [0, 0.05) is 6.92 Å². The van der Waals surface area contributed by atoms with E-state index in [9.17, 15) is 30.3 Å². The van der Waals surface area contributed by atoms with Crippen LogP contribution in [0.3, 0.4) is 0 Å². The van der Waals surface area contributed by atoms with Crippen LogP contribution in [0.5, 0.6) is 0 Å². The number of ether oxygens (including phenoxy) is 2. The zero-order chi connectivity index (χ0) is 33.8. The molecule has 0 aromatic heterocycles. The van der Waals surface area contributed by atoms with Gasteiger partial charge in [-0.25, -0.2) is 0 Å². The molecule has 0 aliphatic carbocycles. The number of unbranched alkanes of at least 4 members (excludes halogenated alkanes) is 19. The summed E-state index contributed by atoms with van der Waals surface area (Å²) in [5.41, 5.74) is 0. The van der Waals surface area contributed by atoms with E-state index in [1.165, 1.54) is 122 Å². The second kappa shape index (κ2) is 28.7. The van der Waals surface area contributed by atoms with Crippen molar-refractivity contribution in [3.05, 3.63) is 24.3 Å². The van der Waals surface area contributed by atoms with Gasteiger partial charge in [0.25, 0.3) is 0 Å². The monoisotopic (exact) mass is 656 g/mol.